The van der Waals surface area contributed by atoms with E-state index in [1.165, 1.54) is 25.7 Å². The Kier molecular flexibility index (Phi) is 3.82. The van der Waals surface area contributed by atoms with Crippen molar-refractivity contribution >= 4 is 0 Å². The van der Waals surface area contributed by atoms with E-state index in [4.69, 9.17) is 4.74 Å². The van der Waals surface area contributed by atoms with E-state index in [2.05, 4.69) is 29.4 Å². The second-order valence-corrected chi connectivity index (χ2v) is 6.36. The van der Waals surface area contributed by atoms with Gasteiger partial charge in [0.15, 0.2) is 0 Å². The van der Waals surface area contributed by atoms with Crippen molar-refractivity contribution in [2.24, 2.45) is 12.5 Å². The monoisotopic (exact) mass is 278 g/mol. The normalized spacial score (nSPS) is 29.6. The van der Waals surface area contributed by atoms with Crippen molar-refractivity contribution in [1.82, 2.24) is 20.1 Å². The molecule has 0 saturated heterocycles. The number of hydrogen-bond acceptors (Lipinski definition) is 4. The minimum Gasteiger partial charge on any atom is -0.378 e. The summed E-state index contributed by atoms with van der Waals surface area (Å²) in [6.07, 6.45) is 8.67. The summed E-state index contributed by atoms with van der Waals surface area (Å²) in [6, 6.07) is 0.806. The van der Waals surface area contributed by atoms with Gasteiger partial charge in [0.05, 0.1) is 12.1 Å². The molecule has 1 spiro atoms. The second kappa shape index (κ2) is 5.45. The van der Waals surface area contributed by atoms with Crippen LogP contribution in [0.5, 0.6) is 0 Å². The van der Waals surface area contributed by atoms with Gasteiger partial charge in [0, 0.05) is 25.1 Å². The average Bonchev–Trinajstić information content (AvgIpc) is 3.07. The molecular formula is C15H26N4O. The molecule has 0 bridgehead atoms. The Bertz CT molecular complexity index is 452. The van der Waals surface area contributed by atoms with Crippen LogP contribution in [0.25, 0.3) is 0 Å². The van der Waals surface area contributed by atoms with E-state index in [1.807, 2.05) is 11.6 Å². The fourth-order valence-electron chi connectivity index (χ4n) is 4.18. The molecule has 5 heteroatoms. The summed E-state index contributed by atoms with van der Waals surface area (Å²) >= 11 is 0. The van der Waals surface area contributed by atoms with Gasteiger partial charge in [0.25, 0.3) is 0 Å². The lowest BCUT2D eigenvalue weighted by Crippen LogP contribution is -2.63. The van der Waals surface area contributed by atoms with Crippen molar-refractivity contribution in [2.75, 3.05) is 6.61 Å². The Morgan fingerprint density at radius 3 is 2.85 bits per heavy atom. The Balaban J connectivity index is 1.67. The standard InChI is InChI=1S/C15H26N4O/c1-4-20-13-9-12(15(13)7-5-6-8-15)17-11(2)14-18-16-10-19(14)3/h10-13,17H,4-9H2,1-3H3. The van der Waals surface area contributed by atoms with Gasteiger partial charge in [-0.15, -0.1) is 10.2 Å². The van der Waals surface area contributed by atoms with Crippen molar-refractivity contribution in [3.63, 3.8) is 0 Å². The van der Waals surface area contributed by atoms with Crippen molar-refractivity contribution in [2.45, 2.75) is 64.1 Å². The molecule has 1 N–H and O–H groups in total. The molecule has 2 saturated carbocycles. The number of aryl methyl sites for hydroxylation is 1. The van der Waals surface area contributed by atoms with E-state index in [-0.39, 0.29) is 6.04 Å². The number of nitrogens with zero attached hydrogens (tertiary/aromatic N) is 3. The lowest BCUT2D eigenvalue weighted by atomic mass is 9.60. The number of aromatic nitrogens is 3. The highest BCUT2D eigenvalue weighted by molar-refractivity contribution is 5.11. The van der Waals surface area contributed by atoms with Gasteiger partial charge in [0.1, 0.15) is 12.2 Å². The number of hydrogen-bond donors (Lipinski definition) is 1. The molecule has 0 aliphatic heterocycles. The minimum atomic E-state index is 0.243. The zero-order chi connectivity index (χ0) is 14.2. The summed E-state index contributed by atoms with van der Waals surface area (Å²) in [5, 5.41) is 12.0. The molecule has 1 aromatic heterocycles. The Labute approximate surface area is 121 Å². The van der Waals surface area contributed by atoms with Crippen LogP contribution in [0.4, 0.5) is 0 Å². The molecule has 20 heavy (non-hydrogen) atoms. The van der Waals surface area contributed by atoms with Crippen LogP contribution in [0, 0.1) is 5.41 Å². The number of rotatable bonds is 5. The molecule has 0 aromatic carbocycles. The summed E-state index contributed by atoms with van der Waals surface area (Å²) in [4.78, 5) is 0. The van der Waals surface area contributed by atoms with Crippen LogP contribution in [0.15, 0.2) is 6.33 Å². The molecule has 2 aliphatic carbocycles. The first kappa shape index (κ1) is 14.0. The van der Waals surface area contributed by atoms with Crippen LogP contribution in [0.2, 0.25) is 0 Å². The van der Waals surface area contributed by atoms with E-state index in [1.54, 1.807) is 6.33 Å². The van der Waals surface area contributed by atoms with Crippen LogP contribution in [0.3, 0.4) is 0 Å². The fourth-order valence-corrected chi connectivity index (χ4v) is 4.18. The van der Waals surface area contributed by atoms with E-state index in [9.17, 15) is 0 Å². The second-order valence-electron chi connectivity index (χ2n) is 6.36. The lowest BCUT2D eigenvalue weighted by molar-refractivity contribution is -0.132. The Morgan fingerprint density at radius 2 is 2.25 bits per heavy atom. The van der Waals surface area contributed by atoms with Crippen LogP contribution in [-0.4, -0.2) is 33.5 Å². The van der Waals surface area contributed by atoms with E-state index in [0.717, 1.165) is 18.9 Å². The Morgan fingerprint density at radius 1 is 1.50 bits per heavy atom. The average molecular weight is 278 g/mol. The summed E-state index contributed by atoms with van der Waals surface area (Å²) in [5.74, 6) is 1.01. The van der Waals surface area contributed by atoms with Gasteiger partial charge in [-0.25, -0.2) is 0 Å². The van der Waals surface area contributed by atoms with Crippen molar-refractivity contribution in [3.8, 4) is 0 Å². The predicted octanol–water partition coefficient (Wildman–Crippen LogP) is 2.20. The molecule has 2 fully saturated rings. The summed E-state index contributed by atoms with van der Waals surface area (Å²) in [5.41, 5.74) is 0.378. The maximum absolute atomic E-state index is 5.97. The largest absolute Gasteiger partial charge is 0.378 e. The van der Waals surface area contributed by atoms with Crippen molar-refractivity contribution in [3.05, 3.63) is 12.2 Å². The molecule has 0 amide bonds. The zero-order valence-electron chi connectivity index (χ0n) is 12.8. The van der Waals surface area contributed by atoms with Crippen LogP contribution in [0.1, 0.15) is 57.8 Å². The van der Waals surface area contributed by atoms with Gasteiger partial charge >= 0.3 is 0 Å². The first-order valence-electron chi connectivity index (χ1n) is 7.89. The summed E-state index contributed by atoms with van der Waals surface area (Å²) in [6.45, 7) is 5.12. The summed E-state index contributed by atoms with van der Waals surface area (Å²) in [7, 11) is 2.00. The lowest BCUT2D eigenvalue weighted by Gasteiger charge is -2.55. The van der Waals surface area contributed by atoms with E-state index in [0.29, 0.717) is 17.6 Å². The molecule has 1 heterocycles. The van der Waals surface area contributed by atoms with Crippen LogP contribution >= 0.6 is 0 Å². The quantitative estimate of drug-likeness (QED) is 0.897. The zero-order valence-corrected chi connectivity index (χ0v) is 12.8. The molecule has 5 nitrogen and oxygen atoms in total. The molecule has 1 aromatic rings. The third-order valence-electron chi connectivity index (χ3n) is 5.27. The number of nitrogens with one attached hydrogen (secondary N) is 1. The van der Waals surface area contributed by atoms with Gasteiger partial charge in [-0.05, 0) is 33.1 Å². The maximum Gasteiger partial charge on any atom is 0.149 e. The minimum absolute atomic E-state index is 0.243. The van der Waals surface area contributed by atoms with Crippen LogP contribution < -0.4 is 5.32 Å². The fraction of sp³-hybridized carbons (Fsp3) is 0.867. The van der Waals surface area contributed by atoms with E-state index >= 15 is 0 Å². The number of ether oxygens (including phenoxy) is 1. The Hall–Kier alpha value is -0.940. The first-order chi connectivity index (χ1) is 9.67. The molecule has 3 unspecified atom stereocenters. The third-order valence-corrected chi connectivity index (χ3v) is 5.27. The smallest absolute Gasteiger partial charge is 0.149 e. The van der Waals surface area contributed by atoms with E-state index < -0.39 is 0 Å². The van der Waals surface area contributed by atoms with Crippen molar-refractivity contribution in [1.29, 1.82) is 0 Å². The third kappa shape index (κ3) is 2.17. The van der Waals surface area contributed by atoms with Crippen molar-refractivity contribution < 1.29 is 4.74 Å². The highest BCUT2D eigenvalue weighted by Crippen LogP contribution is 2.55. The summed E-state index contributed by atoms with van der Waals surface area (Å²) < 4.78 is 7.97. The molecular weight excluding hydrogens is 252 g/mol. The predicted molar refractivity (Wildman–Crippen MR) is 77.3 cm³/mol. The van der Waals surface area contributed by atoms with Gasteiger partial charge in [0.2, 0.25) is 0 Å². The van der Waals surface area contributed by atoms with Gasteiger partial charge in [-0.3, -0.25) is 0 Å². The van der Waals surface area contributed by atoms with Gasteiger partial charge < -0.3 is 14.6 Å². The topological polar surface area (TPSA) is 52.0 Å². The molecule has 0 radical (unpaired) electrons. The highest BCUT2D eigenvalue weighted by Gasteiger charge is 2.56. The maximum atomic E-state index is 5.97. The van der Waals surface area contributed by atoms with Gasteiger partial charge in [-0.1, -0.05) is 12.8 Å². The van der Waals surface area contributed by atoms with Gasteiger partial charge in [-0.2, -0.15) is 0 Å². The first-order valence-corrected chi connectivity index (χ1v) is 7.89. The molecule has 3 rings (SSSR count). The molecule has 112 valence electrons. The van der Waals surface area contributed by atoms with Crippen LogP contribution in [-0.2, 0) is 11.8 Å². The SMILES string of the molecule is CCOC1CC(NC(C)c2nncn2C)C12CCCC2. The highest BCUT2D eigenvalue weighted by atomic mass is 16.5. The molecule has 2 aliphatic rings. The molecule has 3 atom stereocenters.